The van der Waals surface area contributed by atoms with Crippen LogP contribution in [0.5, 0.6) is 0 Å². The maximum absolute atomic E-state index is 13.5. The van der Waals surface area contributed by atoms with Crippen LogP contribution in [0.1, 0.15) is 12.0 Å². The van der Waals surface area contributed by atoms with Crippen LogP contribution in [0.15, 0.2) is 96.1 Å². The summed E-state index contributed by atoms with van der Waals surface area (Å²) in [5.74, 6) is 0. The van der Waals surface area contributed by atoms with Gasteiger partial charge in [-0.3, -0.25) is 19.1 Å². The van der Waals surface area contributed by atoms with Crippen LogP contribution >= 0.6 is 0 Å². The van der Waals surface area contributed by atoms with E-state index < -0.39 is 0 Å². The summed E-state index contributed by atoms with van der Waals surface area (Å²) < 4.78 is 3.48. The van der Waals surface area contributed by atoms with Gasteiger partial charge in [0.2, 0.25) is 0 Å². The van der Waals surface area contributed by atoms with E-state index >= 15 is 0 Å². The van der Waals surface area contributed by atoms with Crippen LogP contribution in [0, 0.1) is 0 Å². The molecule has 0 unspecified atom stereocenters. The first-order valence-electron chi connectivity index (χ1n) is 12.5. The average molecular weight is 484 g/mol. The zero-order valence-electron chi connectivity index (χ0n) is 20.5. The minimum absolute atomic E-state index is 0.0871. The standard InChI is InChI=1S/C31H25N5O/c1-35-29-19-34-28-11-8-22(24-16-23-4-2-3-5-27(23)33-18-24)17-26(28)30(29)36(31(35)37)25-9-6-20(7-10-25)21-12-14-32-15-13-21/h2-12,16-19,32H,13-15H2,1H3. The van der Waals surface area contributed by atoms with E-state index in [2.05, 4.69) is 57.8 Å². The van der Waals surface area contributed by atoms with Gasteiger partial charge in [0.1, 0.15) is 0 Å². The van der Waals surface area contributed by atoms with Crippen molar-refractivity contribution >= 4 is 38.4 Å². The van der Waals surface area contributed by atoms with Gasteiger partial charge in [0.15, 0.2) is 0 Å². The largest absolute Gasteiger partial charge is 0.333 e. The third-order valence-electron chi connectivity index (χ3n) is 7.37. The van der Waals surface area contributed by atoms with E-state index in [1.807, 2.05) is 47.2 Å². The monoisotopic (exact) mass is 483 g/mol. The summed E-state index contributed by atoms with van der Waals surface area (Å²) in [7, 11) is 1.81. The fourth-order valence-corrected chi connectivity index (χ4v) is 5.35. The minimum Gasteiger partial charge on any atom is -0.313 e. The van der Waals surface area contributed by atoms with Gasteiger partial charge in [-0.05, 0) is 66.1 Å². The number of nitrogens with one attached hydrogen (secondary N) is 1. The number of aromatic nitrogens is 4. The van der Waals surface area contributed by atoms with Gasteiger partial charge < -0.3 is 5.32 Å². The molecule has 7 rings (SSSR count). The predicted octanol–water partition coefficient (Wildman–Crippen LogP) is 5.47. The molecule has 180 valence electrons. The summed E-state index contributed by atoms with van der Waals surface area (Å²) in [5.41, 5.74) is 8.86. The van der Waals surface area contributed by atoms with E-state index in [0.29, 0.717) is 0 Å². The number of hydrogen-bond donors (Lipinski definition) is 1. The number of nitrogens with zero attached hydrogens (tertiary/aromatic N) is 4. The molecule has 0 saturated carbocycles. The van der Waals surface area contributed by atoms with Crippen LogP contribution in [0.25, 0.3) is 55.2 Å². The highest BCUT2D eigenvalue weighted by molar-refractivity contribution is 6.05. The van der Waals surface area contributed by atoms with Gasteiger partial charge in [-0.1, -0.05) is 42.5 Å². The van der Waals surface area contributed by atoms with Crippen molar-refractivity contribution in [3.63, 3.8) is 0 Å². The first-order chi connectivity index (χ1) is 18.2. The van der Waals surface area contributed by atoms with E-state index in [9.17, 15) is 4.79 Å². The van der Waals surface area contributed by atoms with E-state index in [4.69, 9.17) is 0 Å². The van der Waals surface area contributed by atoms with Crippen molar-refractivity contribution in [3.05, 3.63) is 107 Å². The third-order valence-corrected chi connectivity index (χ3v) is 7.37. The van der Waals surface area contributed by atoms with E-state index in [-0.39, 0.29) is 5.69 Å². The zero-order valence-corrected chi connectivity index (χ0v) is 20.5. The van der Waals surface area contributed by atoms with Crippen molar-refractivity contribution in [1.29, 1.82) is 0 Å². The lowest BCUT2D eigenvalue weighted by atomic mass is 10.00. The highest BCUT2D eigenvalue weighted by Gasteiger charge is 2.17. The smallest absolute Gasteiger partial charge is 0.313 e. The molecule has 0 bridgehead atoms. The van der Waals surface area contributed by atoms with Crippen LogP contribution < -0.4 is 11.0 Å². The second-order valence-electron chi connectivity index (χ2n) is 9.55. The Hall–Kier alpha value is -4.55. The molecule has 6 nitrogen and oxygen atoms in total. The Morgan fingerprint density at radius 1 is 0.838 bits per heavy atom. The van der Waals surface area contributed by atoms with Crippen molar-refractivity contribution in [2.75, 3.05) is 13.1 Å². The number of rotatable bonds is 3. The van der Waals surface area contributed by atoms with Crippen molar-refractivity contribution in [3.8, 4) is 16.8 Å². The van der Waals surface area contributed by atoms with Crippen molar-refractivity contribution in [2.45, 2.75) is 6.42 Å². The Bertz CT molecular complexity index is 1910. The van der Waals surface area contributed by atoms with Crippen LogP contribution in [0.2, 0.25) is 0 Å². The molecule has 0 radical (unpaired) electrons. The quantitative estimate of drug-likeness (QED) is 0.363. The van der Waals surface area contributed by atoms with Gasteiger partial charge in [-0.15, -0.1) is 0 Å². The first kappa shape index (κ1) is 21.7. The Kier molecular flexibility index (Phi) is 5.01. The van der Waals surface area contributed by atoms with Crippen molar-refractivity contribution in [1.82, 2.24) is 24.4 Å². The van der Waals surface area contributed by atoms with E-state index in [1.165, 1.54) is 11.1 Å². The number of aryl methyl sites for hydroxylation is 1. The summed E-state index contributed by atoms with van der Waals surface area (Å²) in [5, 5.41) is 5.39. The Morgan fingerprint density at radius 3 is 2.49 bits per heavy atom. The molecule has 0 spiro atoms. The summed E-state index contributed by atoms with van der Waals surface area (Å²) in [6, 6.07) is 24.8. The summed E-state index contributed by atoms with van der Waals surface area (Å²) in [4.78, 5) is 22.8. The van der Waals surface area contributed by atoms with E-state index in [1.54, 1.807) is 17.8 Å². The van der Waals surface area contributed by atoms with Gasteiger partial charge in [0, 0.05) is 36.1 Å². The molecule has 0 aliphatic carbocycles. The number of hydrogen-bond acceptors (Lipinski definition) is 4. The fourth-order valence-electron chi connectivity index (χ4n) is 5.35. The van der Waals surface area contributed by atoms with Crippen LogP contribution in [0.4, 0.5) is 0 Å². The highest BCUT2D eigenvalue weighted by Crippen LogP contribution is 2.31. The Morgan fingerprint density at radius 2 is 1.65 bits per heavy atom. The first-order valence-corrected chi connectivity index (χ1v) is 12.5. The fraction of sp³-hybridized carbons (Fsp3) is 0.129. The molecule has 4 heterocycles. The maximum atomic E-state index is 13.5. The van der Waals surface area contributed by atoms with Gasteiger partial charge in [0.05, 0.1) is 34.0 Å². The van der Waals surface area contributed by atoms with Crippen LogP contribution in [0.3, 0.4) is 0 Å². The molecular weight excluding hydrogens is 458 g/mol. The molecule has 6 heteroatoms. The van der Waals surface area contributed by atoms with Crippen LogP contribution in [-0.2, 0) is 7.05 Å². The summed E-state index contributed by atoms with van der Waals surface area (Å²) in [6.07, 6.45) is 6.95. The van der Waals surface area contributed by atoms with Gasteiger partial charge in [0.25, 0.3) is 0 Å². The van der Waals surface area contributed by atoms with Gasteiger partial charge in [-0.2, -0.15) is 0 Å². The van der Waals surface area contributed by atoms with Crippen LogP contribution in [-0.4, -0.2) is 32.2 Å². The van der Waals surface area contributed by atoms with Gasteiger partial charge >= 0.3 is 5.69 Å². The summed E-state index contributed by atoms with van der Waals surface area (Å²) >= 11 is 0. The molecule has 6 aromatic rings. The molecule has 3 aromatic heterocycles. The molecule has 0 amide bonds. The van der Waals surface area contributed by atoms with Gasteiger partial charge in [-0.25, -0.2) is 4.79 Å². The molecule has 3 aromatic carbocycles. The predicted molar refractivity (Wildman–Crippen MR) is 150 cm³/mol. The molecule has 1 N–H and O–H groups in total. The topological polar surface area (TPSA) is 64.7 Å². The second kappa shape index (κ2) is 8.54. The number of benzene rings is 3. The number of fused-ring (bicyclic) bond motifs is 4. The van der Waals surface area contributed by atoms with E-state index in [0.717, 1.165) is 69.2 Å². The van der Waals surface area contributed by atoms with Crippen molar-refractivity contribution < 1.29 is 0 Å². The Labute approximate surface area is 213 Å². The lowest BCUT2D eigenvalue weighted by Gasteiger charge is -2.15. The number of para-hydroxylation sites is 1. The molecule has 1 aliphatic heterocycles. The number of pyridine rings is 2. The molecule has 1 aliphatic rings. The average Bonchev–Trinajstić information content (AvgIpc) is 3.23. The lowest BCUT2D eigenvalue weighted by molar-refractivity contribution is 0.738. The molecule has 37 heavy (non-hydrogen) atoms. The molecular formula is C31H25N5O. The summed E-state index contributed by atoms with van der Waals surface area (Å²) in [6.45, 7) is 1.89. The highest BCUT2D eigenvalue weighted by atomic mass is 16.1. The molecule has 0 saturated heterocycles. The minimum atomic E-state index is -0.0871. The Balaban J connectivity index is 1.42. The normalized spacial score (nSPS) is 13.9. The number of imidazole rings is 1. The second-order valence-corrected chi connectivity index (χ2v) is 9.55. The van der Waals surface area contributed by atoms with Crippen molar-refractivity contribution in [2.24, 2.45) is 7.05 Å². The lowest BCUT2D eigenvalue weighted by Crippen LogP contribution is -2.21. The molecule has 0 atom stereocenters. The zero-order chi connectivity index (χ0) is 24.9. The SMILES string of the molecule is Cn1c(=O)n(-c2ccc(C3=CCNCC3)cc2)c2c3cc(-c4cnc5ccccc5c4)ccc3ncc21. The maximum Gasteiger partial charge on any atom is 0.333 e. The third kappa shape index (κ3) is 3.57. The molecule has 0 fully saturated rings.